The molecule has 4 nitrogen and oxygen atoms in total. The molecule has 4 heteroatoms. The van der Waals surface area contributed by atoms with Crippen molar-refractivity contribution >= 4 is 5.96 Å². The number of aliphatic imine (C=N–C) groups is 1. The van der Waals surface area contributed by atoms with E-state index in [1.54, 1.807) is 0 Å². The summed E-state index contributed by atoms with van der Waals surface area (Å²) in [6, 6.07) is 0. The number of guanidine groups is 1. The summed E-state index contributed by atoms with van der Waals surface area (Å²) in [5.74, 6) is 0.573. The number of hydrogen-bond acceptors (Lipinski definition) is 2. The van der Waals surface area contributed by atoms with E-state index < -0.39 is 0 Å². The zero-order chi connectivity index (χ0) is 11.6. The van der Waals surface area contributed by atoms with Crippen LogP contribution in [0.5, 0.6) is 0 Å². The second kappa shape index (κ2) is 8.39. The molecule has 0 aromatic carbocycles. The number of hydrogen-bond donors (Lipinski definition) is 2. The fourth-order valence-corrected chi connectivity index (χ4v) is 1.81. The van der Waals surface area contributed by atoms with Gasteiger partial charge in [-0.15, -0.1) is 0 Å². The Balaban J connectivity index is 2.02. The van der Waals surface area contributed by atoms with Crippen LogP contribution >= 0.6 is 0 Å². The molecule has 3 N–H and O–H groups in total. The predicted molar refractivity (Wildman–Crippen MR) is 67.6 cm³/mol. The van der Waals surface area contributed by atoms with Gasteiger partial charge in [-0.3, -0.25) is 4.99 Å². The van der Waals surface area contributed by atoms with Crippen LogP contribution in [-0.2, 0) is 4.74 Å². The third-order valence-electron chi connectivity index (χ3n) is 2.84. The SMILES string of the molecule is CCCCN=C(N)NCCC1CCCCO1. The lowest BCUT2D eigenvalue weighted by molar-refractivity contribution is 0.0122. The molecule has 1 fully saturated rings. The predicted octanol–water partition coefficient (Wildman–Crippen LogP) is 1.65. The number of ether oxygens (including phenoxy) is 1. The van der Waals surface area contributed by atoms with E-state index in [1.807, 2.05) is 0 Å². The first-order valence-electron chi connectivity index (χ1n) is 6.48. The van der Waals surface area contributed by atoms with E-state index in [0.29, 0.717) is 12.1 Å². The molecule has 1 aliphatic rings. The van der Waals surface area contributed by atoms with E-state index in [9.17, 15) is 0 Å². The summed E-state index contributed by atoms with van der Waals surface area (Å²) in [4.78, 5) is 4.24. The van der Waals surface area contributed by atoms with Crippen molar-refractivity contribution < 1.29 is 4.74 Å². The van der Waals surface area contributed by atoms with Gasteiger partial charge in [0.1, 0.15) is 0 Å². The molecule has 0 aromatic rings. The largest absolute Gasteiger partial charge is 0.378 e. The third-order valence-corrected chi connectivity index (χ3v) is 2.84. The average Bonchev–Trinajstić information content (AvgIpc) is 2.31. The van der Waals surface area contributed by atoms with Gasteiger partial charge in [0.2, 0.25) is 0 Å². The van der Waals surface area contributed by atoms with Crippen LogP contribution in [0.3, 0.4) is 0 Å². The van der Waals surface area contributed by atoms with Gasteiger partial charge in [0.05, 0.1) is 6.10 Å². The van der Waals surface area contributed by atoms with E-state index in [0.717, 1.165) is 39.0 Å². The highest BCUT2D eigenvalue weighted by atomic mass is 16.5. The van der Waals surface area contributed by atoms with E-state index in [4.69, 9.17) is 10.5 Å². The molecule has 0 spiro atoms. The van der Waals surface area contributed by atoms with Gasteiger partial charge in [0.25, 0.3) is 0 Å². The molecule has 0 aliphatic carbocycles. The van der Waals surface area contributed by atoms with Crippen LogP contribution in [0.15, 0.2) is 4.99 Å². The second-order valence-electron chi connectivity index (χ2n) is 4.32. The van der Waals surface area contributed by atoms with Crippen LogP contribution in [0.2, 0.25) is 0 Å². The molecule has 0 bridgehead atoms. The highest BCUT2D eigenvalue weighted by Gasteiger charge is 2.12. The first kappa shape index (κ1) is 13.3. The van der Waals surface area contributed by atoms with Gasteiger partial charge in [0.15, 0.2) is 5.96 Å². The fourth-order valence-electron chi connectivity index (χ4n) is 1.81. The molecular formula is C12H25N3O. The molecule has 1 saturated heterocycles. The molecule has 1 aliphatic heterocycles. The first-order chi connectivity index (χ1) is 7.83. The molecule has 0 aromatic heterocycles. The van der Waals surface area contributed by atoms with Gasteiger partial charge >= 0.3 is 0 Å². The minimum atomic E-state index is 0.421. The standard InChI is InChI=1S/C12H25N3O/c1-2-3-8-14-12(13)15-9-7-11-6-4-5-10-16-11/h11H,2-10H2,1H3,(H3,13,14,15). The quantitative estimate of drug-likeness (QED) is 0.412. The minimum absolute atomic E-state index is 0.421. The van der Waals surface area contributed by atoms with Crippen LogP contribution in [-0.4, -0.2) is 31.8 Å². The monoisotopic (exact) mass is 227 g/mol. The fraction of sp³-hybridized carbons (Fsp3) is 0.917. The summed E-state index contributed by atoms with van der Waals surface area (Å²) in [6.07, 6.45) is 7.42. The topological polar surface area (TPSA) is 59.6 Å². The average molecular weight is 227 g/mol. The highest BCUT2D eigenvalue weighted by Crippen LogP contribution is 2.14. The highest BCUT2D eigenvalue weighted by molar-refractivity contribution is 5.77. The Bertz CT molecular complexity index is 200. The van der Waals surface area contributed by atoms with Crippen molar-refractivity contribution in [2.24, 2.45) is 10.7 Å². The zero-order valence-corrected chi connectivity index (χ0v) is 10.4. The van der Waals surface area contributed by atoms with Gasteiger partial charge in [-0.25, -0.2) is 0 Å². The molecule has 1 heterocycles. The van der Waals surface area contributed by atoms with Gasteiger partial charge in [-0.2, -0.15) is 0 Å². The molecule has 1 atom stereocenters. The summed E-state index contributed by atoms with van der Waals surface area (Å²) >= 11 is 0. The summed E-state index contributed by atoms with van der Waals surface area (Å²) in [5.41, 5.74) is 5.73. The van der Waals surface area contributed by atoms with Crippen LogP contribution in [0.1, 0.15) is 45.4 Å². The number of unbranched alkanes of at least 4 members (excludes halogenated alkanes) is 1. The molecule has 0 amide bonds. The third kappa shape index (κ3) is 5.95. The van der Waals surface area contributed by atoms with Crippen molar-refractivity contribution in [3.8, 4) is 0 Å². The molecule has 1 unspecified atom stereocenters. The normalized spacial score (nSPS) is 22.1. The van der Waals surface area contributed by atoms with Crippen LogP contribution in [0.4, 0.5) is 0 Å². The van der Waals surface area contributed by atoms with Crippen molar-refractivity contribution in [3.05, 3.63) is 0 Å². The van der Waals surface area contributed by atoms with Crippen molar-refractivity contribution in [2.45, 2.75) is 51.6 Å². The maximum absolute atomic E-state index is 5.73. The van der Waals surface area contributed by atoms with Crippen molar-refractivity contribution in [1.29, 1.82) is 0 Å². The molecule has 16 heavy (non-hydrogen) atoms. The zero-order valence-electron chi connectivity index (χ0n) is 10.4. The van der Waals surface area contributed by atoms with Gasteiger partial charge < -0.3 is 15.8 Å². The van der Waals surface area contributed by atoms with Crippen molar-refractivity contribution in [1.82, 2.24) is 5.32 Å². The first-order valence-corrected chi connectivity index (χ1v) is 6.48. The number of nitrogens with one attached hydrogen (secondary N) is 1. The molecule has 0 saturated carbocycles. The Kier molecular flexibility index (Phi) is 6.97. The van der Waals surface area contributed by atoms with Gasteiger partial charge in [-0.1, -0.05) is 13.3 Å². The van der Waals surface area contributed by atoms with Crippen LogP contribution in [0, 0.1) is 0 Å². The summed E-state index contributed by atoms with van der Waals surface area (Å²) < 4.78 is 5.64. The Morgan fingerprint density at radius 1 is 1.50 bits per heavy atom. The van der Waals surface area contributed by atoms with Gasteiger partial charge in [-0.05, 0) is 32.1 Å². The summed E-state index contributed by atoms with van der Waals surface area (Å²) in [6.45, 7) is 4.77. The van der Waals surface area contributed by atoms with E-state index in [2.05, 4.69) is 17.2 Å². The molecule has 1 rings (SSSR count). The Labute approximate surface area is 98.6 Å². The molecule has 94 valence electrons. The van der Waals surface area contributed by atoms with Crippen LogP contribution in [0.25, 0.3) is 0 Å². The Morgan fingerprint density at radius 3 is 3.06 bits per heavy atom. The van der Waals surface area contributed by atoms with Crippen molar-refractivity contribution in [2.75, 3.05) is 19.7 Å². The lowest BCUT2D eigenvalue weighted by atomic mass is 10.1. The number of rotatable bonds is 6. The second-order valence-corrected chi connectivity index (χ2v) is 4.32. The van der Waals surface area contributed by atoms with E-state index in [-0.39, 0.29) is 0 Å². The van der Waals surface area contributed by atoms with Crippen LogP contribution < -0.4 is 11.1 Å². The smallest absolute Gasteiger partial charge is 0.188 e. The van der Waals surface area contributed by atoms with Gasteiger partial charge in [0, 0.05) is 19.7 Å². The number of nitrogens with two attached hydrogens (primary N) is 1. The minimum Gasteiger partial charge on any atom is -0.378 e. The summed E-state index contributed by atoms with van der Waals surface area (Å²) in [7, 11) is 0. The molecular weight excluding hydrogens is 202 g/mol. The maximum Gasteiger partial charge on any atom is 0.188 e. The molecule has 0 radical (unpaired) electrons. The van der Waals surface area contributed by atoms with E-state index in [1.165, 1.54) is 19.3 Å². The van der Waals surface area contributed by atoms with Crippen molar-refractivity contribution in [3.63, 3.8) is 0 Å². The number of nitrogens with zero attached hydrogens (tertiary/aromatic N) is 1. The van der Waals surface area contributed by atoms with E-state index >= 15 is 0 Å². The Hall–Kier alpha value is -0.770. The Morgan fingerprint density at radius 2 is 2.38 bits per heavy atom. The lowest BCUT2D eigenvalue weighted by Crippen LogP contribution is -2.34. The summed E-state index contributed by atoms with van der Waals surface area (Å²) in [5, 5.41) is 3.14. The lowest BCUT2D eigenvalue weighted by Gasteiger charge is -2.22. The maximum atomic E-state index is 5.73.